The van der Waals surface area contributed by atoms with Crippen LogP contribution in [0.15, 0.2) is 16.3 Å². The summed E-state index contributed by atoms with van der Waals surface area (Å²) in [6, 6.07) is 0. The number of rotatable bonds is 0. The second-order valence-corrected chi connectivity index (χ2v) is 7.09. The molecule has 0 bridgehead atoms. The van der Waals surface area contributed by atoms with Crippen LogP contribution < -0.4 is 5.32 Å². The second-order valence-electron chi connectivity index (χ2n) is 4.91. The molecule has 0 amide bonds. The first-order valence-electron chi connectivity index (χ1n) is 5.80. The lowest BCUT2D eigenvalue weighted by Gasteiger charge is -2.34. The standard InChI is InChI=1S/C11H14N2O3S/c14-9-3-1-2-8-10(9)11(13-7-12-8)4-5-17(15,16)6-11/h7H,1-6H2,(H,12,13). The molecular weight excluding hydrogens is 240 g/mol. The SMILES string of the molecule is O=C1CCCC2=C1C1(CCS(=O)(=O)C1)N=CN2. The molecule has 1 fully saturated rings. The van der Waals surface area contributed by atoms with Crippen molar-refractivity contribution in [2.75, 3.05) is 11.5 Å². The van der Waals surface area contributed by atoms with E-state index in [0.717, 1.165) is 18.5 Å². The largest absolute Gasteiger partial charge is 0.350 e. The van der Waals surface area contributed by atoms with Crippen molar-refractivity contribution in [1.82, 2.24) is 5.32 Å². The van der Waals surface area contributed by atoms with Gasteiger partial charge in [-0.1, -0.05) is 0 Å². The predicted molar refractivity (Wildman–Crippen MR) is 63.5 cm³/mol. The van der Waals surface area contributed by atoms with E-state index in [4.69, 9.17) is 0 Å². The highest BCUT2D eigenvalue weighted by Crippen LogP contribution is 2.40. The van der Waals surface area contributed by atoms with Crippen LogP contribution >= 0.6 is 0 Å². The van der Waals surface area contributed by atoms with E-state index in [2.05, 4.69) is 10.3 Å². The van der Waals surface area contributed by atoms with Gasteiger partial charge in [0.1, 0.15) is 5.54 Å². The molecule has 1 spiro atoms. The molecule has 0 saturated carbocycles. The maximum Gasteiger partial charge on any atom is 0.163 e. The van der Waals surface area contributed by atoms with Gasteiger partial charge in [0.15, 0.2) is 15.6 Å². The normalized spacial score (nSPS) is 34.9. The average molecular weight is 254 g/mol. The molecule has 1 atom stereocenters. The number of hydrogen-bond donors (Lipinski definition) is 1. The third-order valence-corrected chi connectivity index (χ3v) is 5.46. The van der Waals surface area contributed by atoms with Crippen LogP contribution in [0.2, 0.25) is 0 Å². The molecule has 0 aromatic carbocycles. The highest BCUT2D eigenvalue weighted by atomic mass is 32.2. The van der Waals surface area contributed by atoms with Crippen LogP contribution in [0.3, 0.4) is 0 Å². The lowest BCUT2D eigenvalue weighted by molar-refractivity contribution is -0.116. The zero-order valence-corrected chi connectivity index (χ0v) is 10.2. The molecule has 1 aliphatic carbocycles. The zero-order chi connectivity index (χ0) is 12.1. The number of carbonyl (C=O) groups is 1. The molecule has 1 unspecified atom stereocenters. The van der Waals surface area contributed by atoms with Gasteiger partial charge in [0.25, 0.3) is 0 Å². The van der Waals surface area contributed by atoms with Gasteiger partial charge in [-0.15, -0.1) is 0 Å². The summed E-state index contributed by atoms with van der Waals surface area (Å²) in [5.41, 5.74) is 0.734. The fourth-order valence-electron chi connectivity index (χ4n) is 2.96. The highest BCUT2D eigenvalue weighted by molar-refractivity contribution is 7.91. The van der Waals surface area contributed by atoms with E-state index in [1.54, 1.807) is 6.34 Å². The molecular formula is C11H14N2O3S. The summed E-state index contributed by atoms with van der Waals surface area (Å²) in [5, 5.41) is 3.00. The van der Waals surface area contributed by atoms with E-state index in [1.165, 1.54) is 0 Å². The Morgan fingerprint density at radius 1 is 1.35 bits per heavy atom. The van der Waals surface area contributed by atoms with Crippen LogP contribution in [0.4, 0.5) is 0 Å². The molecule has 17 heavy (non-hydrogen) atoms. The topological polar surface area (TPSA) is 75.6 Å². The number of allylic oxidation sites excluding steroid dienone is 1. The molecule has 0 aromatic heterocycles. The zero-order valence-electron chi connectivity index (χ0n) is 9.40. The van der Waals surface area contributed by atoms with Crippen LogP contribution in [0.5, 0.6) is 0 Å². The van der Waals surface area contributed by atoms with Crippen molar-refractivity contribution in [2.45, 2.75) is 31.2 Å². The highest BCUT2D eigenvalue weighted by Gasteiger charge is 2.49. The van der Waals surface area contributed by atoms with Gasteiger partial charge in [0.05, 0.1) is 17.8 Å². The van der Waals surface area contributed by atoms with E-state index < -0.39 is 15.4 Å². The summed E-state index contributed by atoms with van der Waals surface area (Å²) in [5.74, 6) is 0.185. The Balaban J connectivity index is 2.11. The first kappa shape index (κ1) is 11.0. The third kappa shape index (κ3) is 1.62. The van der Waals surface area contributed by atoms with Crippen molar-refractivity contribution in [3.05, 3.63) is 11.3 Å². The number of aliphatic imine (C=N–C) groups is 1. The summed E-state index contributed by atoms with van der Waals surface area (Å²) >= 11 is 0. The van der Waals surface area contributed by atoms with E-state index in [-0.39, 0.29) is 17.3 Å². The van der Waals surface area contributed by atoms with Gasteiger partial charge in [-0.2, -0.15) is 0 Å². The van der Waals surface area contributed by atoms with Gasteiger partial charge in [0, 0.05) is 17.7 Å². The lowest BCUT2D eigenvalue weighted by atomic mass is 9.79. The third-order valence-electron chi connectivity index (χ3n) is 3.71. The molecule has 0 aromatic rings. The van der Waals surface area contributed by atoms with Crippen molar-refractivity contribution < 1.29 is 13.2 Å². The first-order chi connectivity index (χ1) is 8.03. The number of sulfone groups is 1. The fourth-order valence-corrected chi connectivity index (χ4v) is 4.84. The first-order valence-corrected chi connectivity index (χ1v) is 7.62. The molecule has 1 N–H and O–H groups in total. The molecule has 2 aliphatic heterocycles. The van der Waals surface area contributed by atoms with Crippen molar-refractivity contribution in [2.24, 2.45) is 4.99 Å². The minimum Gasteiger partial charge on any atom is -0.350 e. The van der Waals surface area contributed by atoms with E-state index >= 15 is 0 Å². The number of ketones is 1. The van der Waals surface area contributed by atoms with Gasteiger partial charge in [-0.3, -0.25) is 9.79 Å². The van der Waals surface area contributed by atoms with E-state index in [1.807, 2.05) is 0 Å². The summed E-state index contributed by atoms with van der Waals surface area (Å²) in [4.78, 5) is 16.3. The van der Waals surface area contributed by atoms with Crippen LogP contribution in [0.1, 0.15) is 25.7 Å². The minimum absolute atomic E-state index is 0.0112. The summed E-state index contributed by atoms with van der Waals surface area (Å²) in [6.45, 7) is 0. The minimum atomic E-state index is -3.06. The molecule has 0 radical (unpaired) electrons. The molecule has 6 heteroatoms. The van der Waals surface area contributed by atoms with Gasteiger partial charge in [-0.25, -0.2) is 8.42 Å². The van der Waals surface area contributed by atoms with Gasteiger partial charge >= 0.3 is 0 Å². The van der Waals surface area contributed by atoms with Crippen molar-refractivity contribution in [3.8, 4) is 0 Å². The van der Waals surface area contributed by atoms with E-state index in [9.17, 15) is 13.2 Å². The number of nitrogens with zero attached hydrogens (tertiary/aromatic N) is 1. The molecule has 2 heterocycles. The maximum atomic E-state index is 12.0. The Kier molecular flexibility index (Phi) is 2.20. The summed E-state index contributed by atoms with van der Waals surface area (Å²) < 4.78 is 23.3. The Hall–Kier alpha value is -1.17. The smallest absolute Gasteiger partial charge is 0.163 e. The van der Waals surface area contributed by atoms with Crippen molar-refractivity contribution >= 4 is 22.0 Å². The summed E-state index contributed by atoms with van der Waals surface area (Å²) in [7, 11) is -3.06. The van der Waals surface area contributed by atoms with Gasteiger partial charge in [0.2, 0.25) is 0 Å². The molecule has 92 valence electrons. The Labute approximate surface area is 99.9 Å². The van der Waals surface area contributed by atoms with Crippen LogP contribution in [-0.2, 0) is 14.6 Å². The number of nitrogens with one attached hydrogen (secondary N) is 1. The summed E-state index contributed by atoms with van der Waals surface area (Å²) in [6.07, 6.45) is 4.16. The van der Waals surface area contributed by atoms with Crippen molar-refractivity contribution in [3.63, 3.8) is 0 Å². The molecule has 5 nitrogen and oxygen atoms in total. The van der Waals surface area contributed by atoms with Crippen LogP contribution in [0, 0.1) is 0 Å². The number of carbonyl (C=O) groups excluding carboxylic acids is 1. The van der Waals surface area contributed by atoms with E-state index in [0.29, 0.717) is 18.4 Å². The number of hydrogen-bond acceptors (Lipinski definition) is 5. The molecule has 3 aliphatic rings. The van der Waals surface area contributed by atoms with Crippen molar-refractivity contribution in [1.29, 1.82) is 0 Å². The number of fused-ring (bicyclic) bond motifs is 1. The monoisotopic (exact) mass is 254 g/mol. The average Bonchev–Trinajstić information content (AvgIpc) is 2.55. The Morgan fingerprint density at radius 2 is 2.18 bits per heavy atom. The quantitative estimate of drug-likeness (QED) is 0.669. The fraction of sp³-hybridized carbons (Fsp3) is 0.636. The molecule has 3 rings (SSSR count). The Morgan fingerprint density at radius 3 is 2.88 bits per heavy atom. The Bertz CT molecular complexity index is 547. The predicted octanol–water partition coefficient (Wildman–Crippen LogP) is 0.182. The maximum absolute atomic E-state index is 12.0. The van der Waals surface area contributed by atoms with Crippen LogP contribution in [-0.4, -0.2) is 37.6 Å². The molecule has 1 saturated heterocycles. The number of Topliss-reactive ketones (excluding diaryl/α,β-unsaturated/α-hetero) is 1. The second kappa shape index (κ2) is 3.41. The van der Waals surface area contributed by atoms with Gasteiger partial charge < -0.3 is 5.32 Å². The van der Waals surface area contributed by atoms with Crippen LogP contribution in [0.25, 0.3) is 0 Å². The van der Waals surface area contributed by atoms with Gasteiger partial charge in [-0.05, 0) is 19.3 Å². The lowest BCUT2D eigenvalue weighted by Crippen LogP contribution is -2.43.